The van der Waals surface area contributed by atoms with E-state index in [0.717, 1.165) is 0 Å². The van der Waals surface area contributed by atoms with Crippen molar-refractivity contribution in [1.82, 2.24) is 9.78 Å². The van der Waals surface area contributed by atoms with Gasteiger partial charge in [-0.1, -0.05) is 0 Å². The molecular weight excluding hydrogens is 250 g/mol. The molecule has 0 saturated carbocycles. The Morgan fingerprint density at radius 2 is 2.05 bits per heavy atom. The predicted molar refractivity (Wildman–Crippen MR) is 69.0 cm³/mol. The van der Waals surface area contributed by atoms with Crippen molar-refractivity contribution in [2.75, 3.05) is 20.3 Å². The molecule has 1 heterocycles. The second-order valence-corrected chi connectivity index (χ2v) is 3.54. The molecule has 0 aliphatic heterocycles. The molecule has 0 aromatic carbocycles. The summed E-state index contributed by atoms with van der Waals surface area (Å²) in [5.41, 5.74) is 0.362. The Morgan fingerprint density at radius 3 is 2.47 bits per heavy atom. The molecule has 0 bridgehead atoms. The number of carbonyl (C=O) groups excluding carboxylic acids is 1. The molecule has 1 amide bonds. The number of aliphatic imine (C=N–C) groups is 1. The van der Waals surface area contributed by atoms with Gasteiger partial charge in [-0.05, 0) is 19.9 Å². The Bertz CT molecular complexity index is 436. The molecule has 1 aromatic rings. The van der Waals surface area contributed by atoms with Crippen LogP contribution in [0.5, 0.6) is 0 Å². The van der Waals surface area contributed by atoms with Gasteiger partial charge < -0.3 is 14.2 Å². The SMILES string of the molecule is CCOC(OCC)C(=NC(=O)c1ccnn1C)OC. The summed E-state index contributed by atoms with van der Waals surface area (Å²) < 4.78 is 17.2. The van der Waals surface area contributed by atoms with Crippen LogP contribution in [0.3, 0.4) is 0 Å². The Hall–Kier alpha value is -1.73. The molecule has 7 nitrogen and oxygen atoms in total. The van der Waals surface area contributed by atoms with E-state index in [4.69, 9.17) is 14.2 Å². The van der Waals surface area contributed by atoms with Gasteiger partial charge >= 0.3 is 0 Å². The van der Waals surface area contributed by atoms with Gasteiger partial charge in [0.1, 0.15) is 5.69 Å². The van der Waals surface area contributed by atoms with Gasteiger partial charge in [0.25, 0.3) is 5.91 Å². The largest absolute Gasteiger partial charge is 0.480 e. The van der Waals surface area contributed by atoms with E-state index in [1.165, 1.54) is 18.0 Å². The van der Waals surface area contributed by atoms with Crippen LogP contribution in [0, 0.1) is 0 Å². The molecule has 7 heteroatoms. The van der Waals surface area contributed by atoms with Crippen LogP contribution < -0.4 is 0 Å². The van der Waals surface area contributed by atoms with E-state index < -0.39 is 12.2 Å². The van der Waals surface area contributed by atoms with Crippen molar-refractivity contribution < 1.29 is 19.0 Å². The van der Waals surface area contributed by atoms with E-state index in [0.29, 0.717) is 18.9 Å². The molecule has 0 aliphatic carbocycles. The maximum absolute atomic E-state index is 12.0. The summed E-state index contributed by atoms with van der Waals surface area (Å²) in [4.78, 5) is 15.8. The molecule has 0 spiro atoms. The molecule has 1 aromatic heterocycles. The van der Waals surface area contributed by atoms with Crippen LogP contribution >= 0.6 is 0 Å². The summed E-state index contributed by atoms with van der Waals surface area (Å²) in [6.45, 7) is 4.49. The number of rotatable bonds is 6. The van der Waals surface area contributed by atoms with Crippen LogP contribution in [-0.2, 0) is 21.3 Å². The van der Waals surface area contributed by atoms with Crippen molar-refractivity contribution in [3.8, 4) is 0 Å². The van der Waals surface area contributed by atoms with Gasteiger partial charge in [0.05, 0.1) is 7.11 Å². The van der Waals surface area contributed by atoms with Crippen molar-refractivity contribution in [3.05, 3.63) is 18.0 Å². The number of amides is 1. The lowest BCUT2D eigenvalue weighted by molar-refractivity contribution is -0.100. The first-order valence-corrected chi connectivity index (χ1v) is 6.02. The summed E-state index contributed by atoms with van der Waals surface area (Å²) >= 11 is 0. The summed E-state index contributed by atoms with van der Waals surface area (Å²) in [5.74, 6) is -0.365. The quantitative estimate of drug-likeness (QED) is 0.437. The number of methoxy groups -OCH3 is 1. The van der Waals surface area contributed by atoms with E-state index in [-0.39, 0.29) is 5.90 Å². The van der Waals surface area contributed by atoms with Crippen LogP contribution in [0.25, 0.3) is 0 Å². The van der Waals surface area contributed by atoms with Crippen molar-refractivity contribution in [2.45, 2.75) is 20.1 Å². The first kappa shape index (κ1) is 15.3. The second-order valence-electron chi connectivity index (χ2n) is 3.54. The normalized spacial score (nSPS) is 11.9. The Balaban J connectivity index is 2.90. The smallest absolute Gasteiger partial charge is 0.298 e. The van der Waals surface area contributed by atoms with Crippen LogP contribution in [0.1, 0.15) is 24.3 Å². The number of hydrogen-bond donors (Lipinski definition) is 0. The van der Waals surface area contributed by atoms with Gasteiger partial charge in [-0.2, -0.15) is 10.1 Å². The summed E-state index contributed by atoms with van der Waals surface area (Å²) in [7, 11) is 3.08. The van der Waals surface area contributed by atoms with Crippen LogP contribution in [0.2, 0.25) is 0 Å². The lowest BCUT2D eigenvalue weighted by Crippen LogP contribution is -2.30. The number of ether oxygens (including phenoxy) is 3. The summed E-state index contributed by atoms with van der Waals surface area (Å²) in [6, 6.07) is 1.58. The van der Waals surface area contributed by atoms with Gasteiger partial charge in [0, 0.05) is 26.5 Å². The van der Waals surface area contributed by atoms with Crippen molar-refractivity contribution in [3.63, 3.8) is 0 Å². The average molecular weight is 269 g/mol. The number of hydrogen-bond acceptors (Lipinski definition) is 5. The average Bonchev–Trinajstić information content (AvgIpc) is 2.82. The molecule has 106 valence electrons. The summed E-state index contributed by atoms with van der Waals surface area (Å²) in [5, 5.41) is 3.91. The minimum Gasteiger partial charge on any atom is -0.480 e. The fourth-order valence-corrected chi connectivity index (χ4v) is 1.43. The molecule has 0 unspecified atom stereocenters. The topological polar surface area (TPSA) is 74.9 Å². The minimum absolute atomic E-state index is 0.0925. The van der Waals surface area contributed by atoms with Crippen LogP contribution in [0.15, 0.2) is 17.3 Å². The Labute approximate surface area is 112 Å². The van der Waals surface area contributed by atoms with E-state index in [2.05, 4.69) is 10.1 Å². The van der Waals surface area contributed by atoms with Gasteiger partial charge in [0.2, 0.25) is 12.2 Å². The van der Waals surface area contributed by atoms with Crippen LogP contribution in [-0.4, -0.2) is 48.2 Å². The molecule has 0 saturated heterocycles. The zero-order chi connectivity index (χ0) is 14.3. The molecular formula is C12H19N3O4. The lowest BCUT2D eigenvalue weighted by Gasteiger charge is -2.17. The highest BCUT2D eigenvalue weighted by Crippen LogP contribution is 2.04. The zero-order valence-corrected chi connectivity index (χ0v) is 11.6. The van der Waals surface area contributed by atoms with Crippen LogP contribution in [0.4, 0.5) is 0 Å². The third kappa shape index (κ3) is 4.15. The molecule has 0 aliphatic rings. The highest BCUT2D eigenvalue weighted by atomic mass is 16.7. The molecule has 0 radical (unpaired) electrons. The molecule has 0 N–H and O–H groups in total. The zero-order valence-electron chi connectivity index (χ0n) is 11.6. The number of carbonyl (C=O) groups is 1. The van der Waals surface area contributed by atoms with E-state index >= 15 is 0 Å². The number of aryl methyl sites for hydroxylation is 1. The summed E-state index contributed by atoms with van der Waals surface area (Å²) in [6.07, 6.45) is 0.745. The van der Waals surface area contributed by atoms with Crippen molar-refractivity contribution in [1.29, 1.82) is 0 Å². The maximum Gasteiger partial charge on any atom is 0.298 e. The Morgan fingerprint density at radius 1 is 1.42 bits per heavy atom. The van der Waals surface area contributed by atoms with Crippen molar-refractivity contribution in [2.24, 2.45) is 12.0 Å². The van der Waals surface area contributed by atoms with E-state index in [9.17, 15) is 4.79 Å². The lowest BCUT2D eigenvalue weighted by atomic mass is 10.4. The van der Waals surface area contributed by atoms with Gasteiger partial charge in [-0.25, -0.2) is 0 Å². The second kappa shape index (κ2) is 7.65. The van der Waals surface area contributed by atoms with E-state index in [1.807, 2.05) is 13.8 Å². The maximum atomic E-state index is 12.0. The molecule has 0 fully saturated rings. The molecule has 1 rings (SSSR count). The third-order valence-electron chi connectivity index (χ3n) is 2.30. The van der Waals surface area contributed by atoms with E-state index in [1.54, 1.807) is 13.1 Å². The first-order chi connectivity index (χ1) is 9.13. The molecule has 19 heavy (non-hydrogen) atoms. The number of aromatic nitrogens is 2. The Kier molecular flexibility index (Phi) is 6.17. The fourth-order valence-electron chi connectivity index (χ4n) is 1.43. The first-order valence-electron chi connectivity index (χ1n) is 6.02. The highest BCUT2D eigenvalue weighted by molar-refractivity contribution is 6.01. The molecule has 0 atom stereocenters. The minimum atomic E-state index is -0.780. The standard InChI is InChI=1S/C12H19N3O4/c1-5-18-12(19-6-2)11(17-4)14-10(16)9-7-8-13-15(9)3/h7-8,12H,5-6H2,1-4H3. The van der Waals surface area contributed by atoms with Gasteiger partial charge in [0.15, 0.2) is 0 Å². The predicted octanol–water partition coefficient (Wildman–Crippen LogP) is 1.00. The van der Waals surface area contributed by atoms with Gasteiger partial charge in [-0.3, -0.25) is 9.48 Å². The highest BCUT2D eigenvalue weighted by Gasteiger charge is 2.20. The monoisotopic (exact) mass is 269 g/mol. The third-order valence-corrected chi connectivity index (χ3v) is 2.30. The fraction of sp³-hybridized carbons (Fsp3) is 0.583. The van der Waals surface area contributed by atoms with Gasteiger partial charge in [-0.15, -0.1) is 0 Å². The van der Waals surface area contributed by atoms with Crippen molar-refractivity contribution >= 4 is 11.8 Å². The number of nitrogens with zero attached hydrogens (tertiary/aromatic N) is 3.